The molecule has 2 amide bonds. The van der Waals surface area contributed by atoms with Crippen LogP contribution in [0.15, 0.2) is 82.2 Å². The summed E-state index contributed by atoms with van der Waals surface area (Å²) in [5, 5.41) is 2.15. The van der Waals surface area contributed by atoms with E-state index in [9.17, 15) is 31.2 Å². The molecule has 0 bridgehead atoms. The number of nitrogens with one attached hydrogen (secondary N) is 1. The van der Waals surface area contributed by atoms with Gasteiger partial charge in [0.2, 0.25) is 11.8 Å². The number of nitrogens with zero attached hydrogens (tertiary/aromatic N) is 2. The van der Waals surface area contributed by atoms with E-state index in [0.29, 0.717) is 22.5 Å². The van der Waals surface area contributed by atoms with Crippen LogP contribution in [0.3, 0.4) is 0 Å². The average molecular weight is 689 g/mol. The second-order valence-corrected chi connectivity index (χ2v) is 13.1. The molecule has 0 aliphatic carbocycles. The molecule has 3 rings (SSSR count). The molecule has 0 saturated heterocycles. The van der Waals surface area contributed by atoms with E-state index in [1.165, 1.54) is 36.1 Å². The van der Waals surface area contributed by atoms with Gasteiger partial charge in [-0.1, -0.05) is 71.7 Å². The molecule has 1 N–H and O–H groups in total. The zero-order valence-corrected chi connectivity index (χ0v) is 26.2. The fourth-order valence-corrected chi connectivity index (χ4v) is 6.10. The first-order valence-electron chi connectivity index (χ1n) is 12.9. The van der Waals surface area contributed by atoms with Crippen molar-refractivity contribution in [3.05, 3.63) is 93.4 Å². The average Bonchev–Trinajstić information content (AvgIpc) is 2.93. The van der Waals surface area contributed by atoms with Crippen LogP contribution in [0.4, 0.5) is 18.9 Å². The maximum absolute atomic E-state index is 13.9. The maximum Gasteiger partial charge on any atom is 0.417 e. The Labute approximate surface area is 256 Å². The Morgan fingerprint density at radius 1 is 0.976 bits per heavy atom. The highest BCUT2D eigenvalue weighted by Gasteiger charge is 2.37. The third kappa shape index (κ3) is 8.48. The minimum atomic E-state index is -4.88. The van der Waals surface area contributed by atoms with Crippen LogP contribution >= 0.6 is 27.5 Å². The van der Waals surface area contributed by atoms with Gasteiger partial charge in [-0.25, -0.2) is 8.42 Å². The monoisotopic (exact) mass is 687 g/mol. The fraction of sp³-hybridized carbons (Fsp3) is 0.310. The minimum Gasteiger partial charge on any atom is -0.354 e. The second kappa shape index (κ2) is 13.9. The van der Waals surface area contributed by atoms with E-state index in [0.717, 1.165) is 16.6 Å². The van der Waals surface area contributed by atoms with Gasteiger partial charge in [-0.3, -0.25) is 13.9 Å². The quantitative estimate of drug-likeness (QED) is 0.249. The minimum absolute atomic E-state index is 0.0673. The lowest BCUT2D eigenvalue weighted by Crippen LogP contribution is -2.51. The molecule has 3 aromatic rings. The van der Waals surface area contributed by atoms with Crippen LogP contribution in [0.2, 0.25) is 5.02 Å². The van der Waals surface area contributed by atoms with Crippen molar-refractivity contribution >= 4 is 55.1 Å². The van der Waals surface area contributed by atoms with Gasteiger partial charge in [0.05, 0.1) is 21.2 Å². The number of alkyl halides is 3. The number of hydrogen-bond donors (Lipinski definition) is 1. The number of rotatable bonds is 11. The normalized spacial score (nSPS) is 12.6. The van der Waals surface area contributed by atoms with E-state index in [2.05, 4.69) is 21.2 Å². The number of benzene rings is 3. The fourth-order valence-electron chi connectivity index (χ4n) is 4.00. The van der Waals surface area contributed by atoms with Crippen LogP contribution in [0.5, 0.6) is 0 Å². The Morgan fingerprint density at radius 2 is 1.64 bits per heavy atom. The Kier molecular flexibility index (Phi) is 11.1. The van der Waals surface area contributed by atoms with Gasteiger partial charge in [-0.2, -0.15) is 13.2 Å². The summed E-state index contributed by atoms with van der Waals surface area (Å²) in [5.41, 5.74) is -1.03. The van der Waals surface area contributed by atoms with Crippen molar-refractivity contribution in [2.75, 3.05) is 17.4 Å². The van der Waals surface area contributed by atoms with E-state index in [4.69, 9.17) is 11.6 Å². The van der Waals surface area contributed by atoms with Gasteiger partial charge in [0, 0.05) is 17.6 Å². The molecule has 0 aliphatic heterocycles. The Bertz CT molecular complexity index is 1520. The molecule has 0 fully saturated rings. The standard InChI is InChI=1S/C29H30BrClF3N3O4S/c1-19(2)16-35-28(39)20(3)36(17-21-8-7-9-22(30)14-21)27(38)18-37(42(40,41)24-10-5-4-6-11-24)23-12-13-26(31)25(15-23)29(32,33)34/h4-15,19-20H,16-18H2,1-3H3,(H,35,39). The number of sulfonamides is 1. The topological polar surface area (TPSA) is 86.8 Å². The smallest absolute Gasteiger partial charge is 0.354 e. The Balaban J connectivity index is 2.09. The van der Waals surface area contributed by atoms with E-state index in [1.54, 1.807) is 30.3 Å². The van der Waals surface area contributed by atoms with Gasteiger partial charge in [-0.05, 0) is 60.9 Å². The molecule has 0 spiro atoms. The number of hydrogen-bond acceptors (Lipinski definition) is 4. The third-order valence-corrected chi connectivity index (χ3v) is 8.86. The lowest BCUT2D eigenvalue weighted by Gasteiger charge is -2.32. The molecule has 1 atom stereocenters. The molecule has 13 heteroatoms. The number of carbonyl (C=O) groups is 2. The molecule has 0 saturated carbocycles. The van der Waals surface area contributed by atoms with Crippen molar-refractivity contribution in [1.82, 2.24) is 10.2 Å². The molecule has 1 unspecified atom stereocenters. The molecule has 7 nitrogen and oxygen atoms in total. The van der Waals surface area contributed by atoms with Crippen molar-refractivity contribution in [2.24, 2.45) is 5.92 Å². The summed E-state index contributed by atoms with van der Waals surface area (Å²) >= 11 is 9.17. The van der Waals surface area contributed by atoms with Crippen molar-refractivity contribution < 1.29 is 31.2 Å². The van der Waals surface area contributed by atoms with Crippen LogP contribution in [0, 0.1) is 5.92 Å². The van der Waals surface area contributed by atoms with Gasteiger partial charge in [-0.15, -0.1) is 0 Å². The Morgan fingerprint density at radius 3 is 2.24 bits per heavy atom. The molecule has 0 heterocycles. The molecule has 0 aromatic heterocycles. The van der Waals surface area contributed by atoms with Gasteiger partial charge >= 0.3 is 6.18 Å². The largest absolute Gasteiger partial charge is 0.417 e. The van der Waals surface area contributed by atoms with E-state index in [-0.39, 0.29) is 17.4 Å². The van der Waals surface area contributed by atoms with E-state index < -0.39 is 56.9 Å². The van der Waals surface area contributed by atoms with Crippen LogP contribution in [0.25, 0.3) is 0 Å². The zero-order valence-electron chi connectivity index (χ0n) is 23.0. The summed E-state index contributed by atoms with van der Waals surface area (Å²) in [5.74, 6) is -1.13. The predicted octanol–water partition coefficient (Wildman–Crippen LogP) is 6.51. The highest BCUT2D eigenvalue weighted by Crippen LogP contribution is 2.38. The van der Waals surface area contributed by atoms with Crippen molar-refractivity contribution in [1.29, 1.82) is 0 Å². The summed E-state index contributed by atoms with van der Waals surface area (Å²) in [4.78, 5) is 27.9. The highest BCUT2D eigenvalue weighted by atomic mass is 79.9. The molecule has 42 heavy (non-hydrogen) atoms. The van der Waals surface area contributed by atoms with Gasteiger partial charge < -0.3 is 10.2 Å². The summed E-state index contributed by atoms with van der Waals surface area (Å²) in [6.07, 6.45) is -4.88. The van der Waals surface area contributed by atoms with Crippen LogP contribution < -0.4 is 9.62 Å². The van der Waals surface area contributed by atoms with Gasteiger partial charge in [0.15, 0.2) is 0 Å². The summed E-state index contributed by atoms with van der Waals surface area (Å²) in [6.45, 7) is 4.72. The van der Waals surface area contributed by atoms with Gasteiger partial charge in [0.1, 0.15) is 12.6 Å². The lowest BCUT2D eigenvalue weighted by molar-refractivity contribution is -0.139. The highest BCUT2D eigenvalue weighted by molar-refractivity contribution is 9.10. The van der Waals surface area contributed by atoms with Crippen molar-refractivity contribution in [3.8, 4) is 0 Å². The van der Waals surface area contributed by atoms with E-state index in [1.807, 2.05) is 13.8 Å². The molecule has 0 radical (unpaired) electrons. The molecule has 226 valence electrons. The number of amides is 2. The maximum atomic E-state index is 13.9. The number of anilines is 1. The molecule has 0 aliphatic rings. The van der Waals surface area contributed by atoms with Crippen molar-refractivity contribution in [3.63, 3.8) is 0 Å². The molecule has 3 aromatic carbocycles. The molecular weight excluding hydrogens is 659 g/mol. The molecular formula is C29H30BrClF3N3O4S. The first-order valence-corrected chi connectivity index (χ1v) is 15.5. The van der Waals surface area contributed by atoms with E-state index >= 15 is 0 Å². The predicted molar refractivity (Wildman–Crippen MR) is 159 cm³/mol. The van der Waals surface area contributed by atoms with Crippen LogP contribution in [-0.2, 0) is 32.3 Å². The SMILES string of the molecule is CC(C)CNC(=O)C(C)N(Cc1cccc(Br)c1)C(=O)CN(c1ccc(Cl)c(C(F)(F)F)c1)S(=O)(=O)c1ccccc1. The van der Waals surface area contributed by atoms with Crippen molar-refractivity contribution in [2.45, 2.75) is 44.4 Å². The summed E-state index contributed by atoms with van der Waals surface area (Å²) in [7, 11) is -4.54. The number of halogens is 5. The lowest BCUT2D eigenvalue weighted by atomic mass is 10.1. The first-order chi connectivity index (χ1) is 19.6. The Hall–Kier alpha value is -3.09. The first kappa shape index (κ1) is 33.4. The third-order valence-electron chi connectivity index (χ3n) is 6.25. The van der Waals surface area contributed by atoms with Crippen LogP contribution in [0.1, 0.15) is 31.9 Å². The second-order valence-electron chi connectivity index (χ2n) is 9.95. The zero-order chi connectivity index (χ0) is 31.2. The summed E-state index contributed by atoms with van der Waals surface area (Å²) in [6, 6.07) is 15.6. The summed E-state index contributed by atoms with van der Waals surface area (Å²) < 4.78 is 70.0. The number of carbonyl (C=O) groups excluding carboxylic acids is 2. The van der Waals surface area contributed by atoms with Crippen LogP contribution in [-0.4, -0.2) is 44.3 Å². The van der Waals surface area contributed by atoms with Gasteiger partial charge in [0.25, 0.3) is 10.0 Å².